The number of rotatable bonds is 4. The van der Waals surface area contributed by atoms with Crippen LogP contribution in [-0.2, 0) is 0 Å². The van der Waals surface area contributed by atoms with Crippen molar-refractivity contribution >= 4 is 23.4 Å². The fourth-order valence-corrected chi connectivity index (χ4v) is 5.06. The van der Waals surface area contributed by atoms with E-state index in [-0.39, 0.29) is 0 Å². The molecular formula is C20H22ClNOS. The minimum absolute atomic E-state index is 0.326. The summed E-state index contributed by atoms with van der Waals surface area (Å²) >= 11 is 8.18. The summed E-state index contributed by atoms with van der Waals surface area (Å²) in [5.74, 6) is 3.00. The monoisotopic (exact) mass is 359 g/mol. The highest BCUT2D eigenvalue weighted by molar-refractivity contribution is 7.99. The van der Waals surface area contributed by atoms with E-state index in [0.717, 1.165) is 22.3 Å². The van der Waals surface area contributed by atoms with Crippen LogP contribution >= 0.6 is 23.4 Å². The lowest BCUT2D eigenvalue weighted by Crippen LogP contribution is -2.31. The molecule has 0 aliphatic carbocycles. The molecule has 0 aromatic heterocycles. The van der Waals surface area contributed by atoms with Crippen LogP contribution in [0.4, 0.5) is 0 Å². The first kappa shape index (κ1) is 16.3. The van der Waals surface area contributed by atoms with Crippen LogP contribution in [0.25, 0.3) is 0 Å². The van der Waals surface area contributed by atoms with Crippen LogP contribution < -0.4 is 4.74 Å². The maximum atomic E-state index is 6.16. The molecule has 24 heavy (non-hydrogen) atoms. The van der Waals surface area contributed by atoms with E-state index in [1.54, 1.807) is 0 Å². The van der Waals surface area contributed by atoms with Crippen molar-refractivity contribution < 1.29 is 4.74 Å². The van der Waals surface area contributed by atoms with Gasteiger partial charge in [-0.3, -0.25) is 0 Å². The average Bonchev–Trinajstić information content (AvgIpc) is 2.62. The molecule has 0 N–H and O–H groups in total. The summed E-state index contributed by atoms with van der Waals surface area (Å²) < 4.78 is 6.08. The first-order chi connectivity index (χ1) is 11.8. The second-order valence-corrected chi connectivity index (χ2v) is 8.12. The Labute approximate surface area is 153 Å². The summed E-state index contributed by atoms with van der Waals surface area (Å²) in [6.45, 7) is 3.70. The van der Waals surface area contributed by atoms with Crippen molar-refractivity contribution in [1.82, 2.24) is 4.90 Å². The zero-order valence-corrected chi connectivity index (χ0v) is 15.3. The lowest BCUT2D eigenvalue weighted by molar-refractivity contribution is 0.242. The van der Waals surface area contributed by atoms with Crippen molar-refractivity contribution in [1.29, 1.82) is 0 Å². The molecule has 0 radical (unpaired) electrons. The van der Waals surface area contributed by atoms with E-state index >= 15 is 0 Å². The molecular weight excluding hydrogens is 338 g/mol. The van der Waals surface area contributed by atoms with E-state index in [2.05, 4.69) is 29.2 Å². The second kappa shape index (κ2) is 7.38. The van der Waals surface area contributed by atoms with Crippen molar-refractivity contribution in [2.75, 3.05) is 25.4 Å². The Morgan fingerprint density at radius 3 is 2.67 bits per heavy atom. The number of halogens is 1. The molecule has 1 saturated heterocycles. The zero-order chi connectivity index (χ0) is 16.4. The van der Waals surface area contributed by atoms with E-state index < -0.39 is 0 Å². The molecule has 0 spiro atoms. The molecule has 0 amide bonds. The Hall–Kier alpha value is -1.16. The molecule has 2 aromatic carbocycles. The fourth-order valence-electron chi connectivity index (χ4n) is 3.55. The van der Waals surface area contributed by atoms with Crippen molar-refractivity contribution in [2.45, 2.75) is 24.5 Å². The molecule has 126 valence electrons. The number of likely N-dealkylation sites (tertiary alicyclic amines) is 1. The summed E-state index contributed by atoms with van der Waals surface area (Å²) in [6.07, 6.45) is 4.10. The normalized spacial score (nSPS) is 20.1. The smallest absolute Gasteiger partial charge is 0.133 e. The summed E-state index contributed by atoms with van der Waals surface area (Å²) in [7, 11) is 0. The molecule has 2 aliphatic rings. The number of benzene rings is 2. The SMILES string of the molecule is Clc1ccc2c(c1)Oc1ccccc1C2SCCN1CCCCC1. The summed E-state index contributed by atoms with van der Waals surface area (Å²) in [5.41, 5.74) is 2.51. The zero-order valence-electron chi connectivity index (χ0n) is 13.7. The van der Waals surface area contributed by atoms with Crippen LogP contribution in [0.1, 0.15) is 35.6 Å². The first-order valence-corrected chi connectivity index (χ1v) is 10.1. The van der Waals surface area contributed by atoms with Gasteiger partial charge in [0.05, 0.1) is 5.25 Å². The van der Waals surface area contributed by atoms with Gasteiger partial charge < -0.3 is 9.64 Å². The van der Waals surface area contributed by atoms with Gasteiger partial charge in [0.25, 0.3) is 0 Å². The molecule has 4 heteroatoms. The second-order valence-electron chi connectivity index (χ2n) is 6.48. The molecule has 1 unspecified atom stereocenters. The van der Waals surface area contributed by atoms with Crippen molar-refractivity contribution in [3.63, 3.8) is 0 Å². The molecule has 0 bridgehead atoms. The predicted octanol–water partition coefficient (Wildman–Crippen LogP) is 5.75. The third kappa shape index (κ3) is 3.44. The highest BCUT2D eigenvalue weighted by Gasteiger charge is 2.27. The van der Waals surface area contributed by atoms with Crippen LogP contribution in [-0.4, -0.2) is 30.3 Å². The van der Waals surface area contributed by atoms with Gasteiger partial charge in [-0.05, 0) is 44.1 Å². The highest BCUT2D eigenvalue weighted by atomic mass is 35.5. The van der Waals surface area contributed by atoms with Crippen molar-refractivity contribution in [3.05, 3.63) is 58.6 Å². The quantitative estimate of drug-likeness (QED) is 0.689. The number of hydrogen-bond acceptors (Lipinski definition) is 3. The van der Waals surface area contributed by atoms with Crippen LogP contribution in [0.15, 0.2) is 42.5 Å². The van der Waals surface area contributed by atoms with Gasteiger partial charge in [0.2, 0.25) is 0 Å². The highest BCUT2D eigenvalue weighted by Crippen LogP contribution is 2.49. The summed E-state index contributed by atoms with van der Waals surface area (Å²) in [4.78, 5) is 2.60. The third-order valence-corrected chi connectivity index (χ3v) is 6.31. The summed E-state index contributed by atoms with van der Waals surface area (Å²) in [6, 6.07) is 14.4. The van der Waals surface area contributed by atoms with Gasteiger partial charge >= 0.3 is 0 Å². The van der Waals surface area contributed by atoms with E-state index in [0.29, 0.717) is 5.25 Å². The van der Waals surface area contributed by atoms with E-state index in [1.807, 2.05) is 30.0 Å². The van der Waals surface area contributed by atoms with E-state index in [4.69, 9.17) is 16.3 Å². The molecule has 2 aliphatic heterocycles. The Balaban J connectivity index is 1.53. The van der Waals surface area contributed by atoms with Crippen LogP contribution in [0.2, 0.25) is 5.02 Å². The van der Waals surface area contributed by atoms with Gasteiger partial charge in [0, 0.05) is 28.4 Å². The summed E-state index contributed by atoms with van der Waals surface area (Å²) in [5, 5.41) is 1.05. The van der Waals surface area contributed by atoms with Gasteiger partial charge in [0.1, 0.15) is 11.5 Å². The lowest BCUT2D eigenvalue weighted by atomic mass is 10.00. The first-order valence-electron chi connectivity index (χ1n) is 8.71. The topological polar surface area (TPSA) is 12.5 Å². The molecule has 1 atom stereocenters. The number of fused-ring (bicyclic) bond motifs is 2. The third-order valence-electron chi connectivity index (χ3n) is 4.82. The molecule has 4 rings (SSSR count). The molecule has 1 fully saturated rings. The van der Waals surface area contributed by atoms with Gasteiger partial charge in [-0.15, -0.1) is 11.8 Å². The average molecular weight is 360 g/mol. The predicted molar refractivity (Wildman–Crippen MR) is 103 cm³/mol. The van der Waals surface area contributed by atoms with E-state index in [1.165, 1.54) is 50.0 Å². The van der Waals surface area contributed by atoms with Crippen LogP contribution in [0.3, 0.4) is 0 Å². The van der Waals surface area contributed by atoms with Gasteiger partial charge in [0.15, 0.2) is 0 Å². The molecule has 2 nitrogen and oxygen atoms in total. The van der Waals surface area contributed by atoms with Crippen molar-refractivity contribution in [2.24, 2.45) is 0 Å². The molecule has 0 saturated carbocycles. The van der Waals surface area contributed by atoms with E-state index in [9.17, 15) is 0 Å². The number of piperidine rings is 1. The maximum Gasteiger partial charge on any atom is 0.133 e. The van der Waals surface area contributed by atoms with Crippen LogP contribution in [0.5, 0.6) is 11.5 Å². The number of thioether (sulfide) groups is 1. The Kier molecular flexibility index (Phi) is 5.02. The number of para-hydroxylation sites is 1. The standard InChI is InChI=1S/C20H22ClNOS/c21-15-8-9-17-19(14-15)23-18-7-3-2-6-16(18)20(17)24-13-12-22-10-4-1-5-11-22/h2-3,6-9,14,20H,1,4-5,10-13H2. The molecule has 2 heterocycles. The van der Waals surface area contributed by atoms with Gasteiger partial charge in [-0.1, -0.05) is 42.3 Å². The minimum Gasteiger partial charge on any atom is -0.457 e. The van der Waals surface area contributed by atoms with Gasteiger partial charge in [-0.2, -0.15) is 0 Å². The number of ether oxygens (including phenoxy) is 1. The lowest BCUT2D eigenvalue weighted by Gasteiger charge is -2.30. The van der Waals surface area contributed by atoms with Gasteiger partial charge in [-0.25, -0.2) is 0 Å². The molecule has 2 aromatic rings. The largest absolute Gasteiger partial charge is 0.457 e. The Bertz CT molecular complexity index is 715. The van der Waals surface area contributed by atoms with Crippen LogP contribution in [0, 0.1) is 0 Å². The fraction of sp³-hybridized carbons (Fsp3) is 0.400. The Morgan fingerprint density at radius 1 is 1.00 bits per heavy atom. The number of hydrogen-bond donors (Lipinski definition) is 0. The number of nitrogens with zero attached hydrogens (tertiary/aromatic N) is 1. The minimum atomic E-state index is 0.326. The Morgan fingerprint density at radius 2 is 1.79 bits per heavy atom. The maximum absolute atomic E-state index is 6.16. The van der Waals surface area contributed by atoms with Crippen molar-refractivity contribution in [3.8, 4) is 11.5 Å².